The minimum atomic E-state index is -4.48. The Morgan fingerprint density at radius 3 is 2.20 bits per heavy atom. The van der Waals surface area contributed by atoms with Crippen LogP contribution in [0.2, 0.25) is 0 Å². The molecule has 0 saturated heterocycles. The highest BCUT2D eigenvalue weighted by Gasteiger charge is 2.50. The van der Waals surface area contributed by atoms with Gasteiger partial charge in [0.15, 0.2) is 0 Å². The molecule has 0 unspecified atom stereocenters. The number of pyridine rings is 1. The SMILES string of the molecule is O=C(NCCC12CC3CC(CC(C3)C1)C2)c1ccc(C(F)(F)F)nc1. The second-order valence-corrected chi connectivity index (χ2v) is 8.35. The first-order chi connectivity index (χ1) is 11.8. The second kappa shape index (κ2) is 5.99. The van der Waals surface area contributed by atoms with E-state index >= 15 is 0 Å². The minimum absolute atomic E-state index is 0.179. The summed E-state index contributed by atoms with van der Waals surface area (Å²) in [5.41, 5.74) is -0.406. The Labute approximate surface area is 145 Å². The van der Waals surface area contributed by atoms with Crippen molar-refractivity contribution in [3.63, 3.8) is 0 Å². The third kappa shape index (κ3) is 3.40. The molecule has 0 aliphatic heterocycles. The molecule has 1 heterocycles. The van der Waals surface area contributed by atoms with Crippen LogP contribution in [-0.2, 0) is 6.18 Å². The Balaban J connectivity index is 1.32. The minimum Gasteiger partial charge on any atom is -0.352 e. The number of rotatable bonds is 4. The van der Waals surface area contributed by atoms with Crippen molar-refractivity contribution in [3.8, 4) is 0 Å². The van der Waals surface area contributed by atoms with E-state index < -0.39 is 11.9 Å². The number of amides is 1. The number of halogens is 3. The summed E-state index contributed by atoms with van der Waals surface area (Å²) in [6, 6.07) is 2.05. The summed E-state index contributed by atoms with van der Waals surface area (Å²) in [6.07, 6.45) is 5.55. The Morgan fingerprint density at radius 1 is 1.12 bits per heavy atom. The van der Waals surface area contributed by atoms with Crippen molar-refractivity contribution < 1.29 is 18.0 Å². The zero-order chi connectivity index (χ0) is 17.7. The van der Waals surface area contributed by atoms with Gasteiger partial charge in [-0.1, -0.05) is 0 Å². The van der Waals surface area contributed by atoms with Crippen LogP contribution >= 0.6 is 0 Å². The molecule has 0 spiro atoms. The van der Waals surface area contributed by atoms with Gasteiger partial charge in [-0.3, -0.25) is 9.78 Å². The van der Waals surface area contributed by atoms with Crippen LogP contribution in [0.3, 0.4) is 0 Å². The molecule has 5 rings (SSSR count). The molecule has 0 aromatic carbocycles. The first-order valence-electron chi connectivity index (χ1n) is 9.14. The Hall–Kier alpha value is -1.59. The Bertz CT molecular complexity index is 618. The molecular weight excluding hydrogens is 329 g/mol. The van der Waals surface area contributed by atoms with Gasteiger partial charge in [-0.2, -0.15) is 13.2 Å². The van der Waals surface area contributed by atoms with E-state index in [4.69, 9.17) is 0 Å². The van der Waals surface area contributed by atoms with E-state index in [0.29, 0.717) is 12.0 Å². The summed E-state index contributed by atoms with van der Waals surface area (Å²) in [4.78, 5) is 15.5. The second-order valence-electron chi connectivity index (χ2n) is 8.35. The van der Waals surface area contributed by atoms with Gasteiger partial charge in [0.25, 0.3) is 5.91 Å². The van der Waals surface area contributed by atoms with Crippen LogP contribution in [0.4, 0.5) is 13.2 Å². The molecule has 25 heavy (non-hydrogen) atoms. The van der Waals surface area contributed by atoms with Gasteiger partial charge in [0.2, 0.25) is 0 Å². The van der Waals surface area contributed by atoms with Crippen LogP contribution in [0, 0.1) is 23.2 Å². The van der Waals surface area contributed by atoms with Gasteiger partial charge in [0.05, 0.1) is 5.56 Å². The Morgan fingerprint density at radius 2 is 1.72 bits per heavy atom. The van der Waals surface area contributed by atoms with Gasteiger partial charge in [0, 0.05) is 12.7 Å². The maximum absolute atomic E-state index is 12.5. The van der Waals surface area contributed by atoms with E-state index in [9.17, 15) is 18.0 Å². The van der Waals surface area contributed by atoms with E-state index in [1.54, 1.807) is 0 Å². The van der Waals surface area contributed by atoms with E-state index in [2.05, 4.69) is 10.3 Å². The lowest BCUT2D eigenvalue weighted by atomic mass is 9.49. The largest absolute Gasteiger partial charge is 0.433 e. The molecule has 1 N–H and O–H groups in total. The summed E-state index contributed by atoms with van der Waals surface area (Å²) in [6.45, 7) is 0.589. The third-order valence-electron chi connectivity index (χ3n) is 6.42. The lowest BCUT2D eigenvalue weighted by Crippen LogP contribution is -2.47. The number of alkyl halides is 3. The summed E-state index contributed by atoms with van der Waals surface area (Å²) in [5.74, 6) is 2.29. The lowest BCUT2D eigenvalue weighted by Gasteiger charge is -2.57. The molecule has 1 aromatic heterocycles. The molecule has 4 saturated carbocycles. The maximum Gasteiger partial charge on any atom is 0.433 e. The molecule has 1 aromatic rings. The molecule has 3 nitrogen and oxygen atoms in total. The highest BCUT2D eigenvalue weighted by Crippen LogP contribution is 2.61. The zero-order valence-electron chi connectivity index (χ0n) is 14.1. The summed E-state index contributed by atoms with van der Waals surface area (Å²) in [7, 11) is 0. The number of hydrogen-bond donors (Lipinski definition) is 1. The first-order valence-corrected chi connectivity index (χ1v) is 9.14. The van der Waals surface area contributed by atoms with Crippen LogP contribution in [0.1, 0.15) is 61.0 Å². The number of hydrogen-bond acceptors (Lipinski definition) is 2. The molecule has 0 radical (unpaired) electrons. The fourth-order valence-corrected chi connectivity index (χ4v) is 5.84. The van der Waals surface area contributed by atoms with Gasteiger partial charge < -0.3 is 5.32 Å². The molecule has 4 aliphatic carbocycles. The zero-order valence-corrected chi connectivity index (χ0v) is 14.1. The van der Waals surface area contributed by atoms with Gasteiger partial charge in [-0.15, -0.1) is 0 Å². The highest BCUT2D eigenvalue weighted by molar-refractivity contribution is 5.93. The molecule has 4 bridgehead atoms. The molecule has 6 heteroatoms. The van der Waals surface area contributed by atoms with Crippen molar-refractivity contribution in [1.29, 1.82) is 0 Å². The normalized spacial score (nSPS) is 33.5. The molecular formula is C19H23F3N2O. The number of carbonyl (C=O) groups excluding carboxylic acids is 1. The smallest absolute Gasteiger partial charge is 0.352 e. The topological polar surface area (TPSA) is 42.0 Å². The summed E-state index contributed by atoms with van der Waals surface area (Å²) in [5, 5.41) is 2.87. The Kier molecular flexibility index (Phi) is 4.04. The third-order valence-corrected chi connectivity index (χ3v) is 6.42. The fourth-order valence-electron chi connectivity index (χ4n) is 5.84. The van der Waals surface area contributed by atoms with Crippen molar-refractivity contribution in [1.82, 2.24) is 10.3 Å². The van der Waals surface area contributed by atoms with Crippen LogP contribution < -0.4 is 5.32 Å². The van der Waals surface area contributed by atoms with Gasteiger partial charge in [-0.05, 0) is 80.2 Å². The van der Waals surface area contributed by atoms with Crippen LogP contribution in [-0.4, -0.2) is 17.4 Å². The van der Waals surface area contributed by atoms with Gasteiger partial charge in [-0.25, -0.2) is 0 Å². The molecule has 4 aliphatic rings. The number of carbonyl (C=O) groups is 1. The monoisotopic (exact) mass is 352 g/mol. The maximum atomic E-state index is 12.5. The van der Waals surface area contributed by atoms with Crippen LogP contribution in [0.5, 0.6) is 0 Å². The number of nitrogens with one attached hydrogen (secondary N) is 1. The average molecular weight is 352 g/mol. The van der Waals surface area contributed by atoms with Crippen molar-refractivity contribution in [3.05, 3.63) is 29.6 Å². The van der Waals surface area contributed by atoms with E-state index in [1.807, 2.05) is 0 Å². The van der Waals surface area contributed by atoms with E-state index in [1.165, 1.54) is 44.6 Å². The van der Waals surface area contributed by atoms with E-state index in [0.717, 1.165) is 36.4 Å². The highest BCUT2D eigenvalue weighted by atomic mass is 19.4. The molecule has 1 amide bonds. The number of aromatic nitrogens is 1. The fraction of sp³-hybridized carbons (Fsp3) is 0.684. The van der Waals surface area contributed by atoms with Crippen LogP contribution in [0.25, 0.3) is 0 Å². The lowest BCUT2D eigenvalue weighted by molar-refractivity contribution is -0.141. The van der Waals surface area contributed by atoms with E-state index in [-0.39, 0.29) is 11.5 Å². The number of nitrogens with zero attached hydrogens (tertiary/aromatic N) is 1. The molecule has 0 atom stereocenters. The summed E-state index contributed by atoms with van der Waals surface area (Å²) < 4.78 is 37.6. The predicted octanol–water partition coefficient (Wildman–Crippen LogP) is 4.44. The molecule has 136 valence electrons. The first kappa shape index (κ1) is 16.9. The summed E-state index contributed by atoms with van der Waals surface area (Å²) >= 11 is 0. The van der Waals surface area contributed by atoms with Gasteiger partial charge >= 0.3 is 6.18 Å². The standard InChI is InChI=1S/C19H23F3N2O/c20-19(21,22)16-2-1-15(11-24-16)17(25)23-4-3-18-8-12-5-13(9-18)7-14(6-12)10-18/h1-2,11-14H,3-10H2,(H,23,25). The van der Waals surface area contributed by atoms with Crippen molar-refractivity contribution >= 4 is 5.91 Å². The molecule has 4 fully saturated rings. The average Bonchev–Trinajstić information content (AvgIpc) is 2.52. The quantitative estimate of drug-likeness (QED) is 0.871. The van der Waals surface area contributed by atoms with Gasteiger partial charge in [0.1, 0.15) is 5.69 Å². The van der Waals surface area contributed by atoms with Crippen molar-refractivity contribution in [2.24, 2.45) is 23.2 Å². The van der Waals surface area contributed by atoms with Crippen molar-refractivity contribution in [2.75, 3.05) is 6.54 Å². The predicted molar refractivity (Wildman–Crippen MR) is 86.8 cm³/mol. The van der Waals surface area contributed by atoms with Crippen LogP contribution in [0.15, 0.2) is 18.3 Å². The van der Waals surface area contributed by atoms with Crippen molar-refractivity contribution in [2.45, 2.75) is 51.1 Å².